The third kappa shape index (κ3) is 5.55. The molecule has 0 saturated carbocycles. The molecule has 0 bridgehead atoms. The van der Waals surface area contributed by atoms with E-state index in [1.165, 1.54) is 17.0 Å². The summed E-state index contributed by atoms with van der Waals surface area (Å²) in [7, 11) is 0. The van der Waals surface area contributed by atoms with Gasteiger partial charge in [-0.25, -0.2) is 4.99 Å². The molecule has 0 aliphatic carbocycles. The monoisotopic (exact) mass is 481 g/mol. The van der Waals surface area contributed by atoms with Crippen LogP contribution in [0.1, 0.15) is 11.1 Å². The predicted octanol–water partition coefficient (Wildman–Crippen LogP) is 5.82. The van der Waals surface area contributed by atoms with Crippen LogP contribution in [-0.4, -0.2) is 22.7 Å². The number of benzene rings is 3. The van der Waals surface area contributed by atoms with Crippen LogP contribution in [0.3, 0.4) is 0 Å². The van der Waals surface area contributed by atoms with E-state index in [-0.39, 0.29) is 23.0 Å². The van der Waals surface area contributed by atoms with Gasteiger partial charge in [0.1, 0.15) is 5.70 Å². The maximum atomic E-state index is 13.1. The molecule has 4 rings (SSSR count). The van der Waals surface area contributed by atoms with Gasteiger partial charge in [-0.05, 0) is 42.0 Å². The first-order valence-electron chi connectivity index (χ1n) is 10.2. The Labute approximate surface area is 198 Å². The zero-order chi connectivity index (χ0) is 24.1. The Hall–Kier alpha value is -3.85. The SMILES string of the molecule is O=C(CSC1=N/C(=C/c2ccccc2)C(=O)N1c1ccccc1)Nc1cccc(C(F)(F)F)c1. The Kier molecular flexibility index (Phi) is 6.83. The molecule has 1 aliphatic rings. The van der Waals surface area contributed by atoms with Crippen molar-refractivity contribution in [3.05, 3.63) is 102 Å². The number of carbonyl (C=O) groups is 2. The van der Waals surface area contributed by atoms with Gasteiger partial charge in [-0.1, -0.05) is 66.4 Å². The molecule has 0 saturated heterocycles. The zero-order valence-corrected chi connectivity index (χ0v) is 18.4. The number of aliphatic imine (C=N–C) groups is 1. The van der Waals surface area contributed by atoms with Crippen molar-refractivity contribution in [3.63, 3.8) is 0 Å². The number of hydrogen-bond donors (Lipinski definition) is 1. The van der Waals surface area contributed by atoms with Gasteiger partial charge in [0.15, 0.2) is 5.17 Å². The van der Waals surface area contributed by atoms with Crippen LogP contribution in [0, 0.1) is 0 Å². The minimum Gasteiger partial charge on any atom is -0.325 e. The van der Waals surface area contributed by atoms with Crippen LogP contribution < -0.4 is 10.2 Å². The van der Waals surface area contributed by atoms with Crippen molar-refractivity contribution >= 4 is 46.2 Å². The molecule has 1 N–H and O–H groups in total. The standard InChI is InChI=1S/C25H18F3N3O2S/c26-25(27,28)18-10-7-11-19(15-18)29-22(32)16-34-24-30-21(14-17-8-3-1-4-9-17)23(33)31(24)20-12-5-2-6-13-20/h1-15H,16H2,(H,29,32)/b21-14+. The van der Waals surface area contributed by atoms with Crippen LogP contribution >= 0.6 is 11.8 Å². The largest absolute Gasteiger partial charge is 0.416 e. The van der Waals surface area contributed by atoms with Crippen molar-refractivity contribution in [2.24, 2.45) is 4.99 Å². The third-order valence-electron chi connectivity index (χ3n) is 4.75. The number of amidine groups is 1. The quantitative estimate of drug-likeness (QED) is 0.467. The highest BCUT2D eigenvalue weighted by Gasteiger charge is 2.33. The molecule has 3 aromatic carbocycles. The van der Waals surface area contributed by atoms with Gasteiger partial charge < -0.3 is 5.32 Å². The van der Waals surface area contributed by atoms with Gasteiger partial charge in [0.25, 0.3) is 5.91 Å². The van der Waals surface area contributed by atoms with Gasteiger partial charge in [0.2, 0.25) is 5.91 Å². The summed E-state index contributed by atoms with van der Waals surface area (Å²) >= 11 is 1.02. The summed E-state index contributed by atoms with van der Waals surface area (Å²) in [5.41, 5.74) is 0.796. The Morgan fingerprint density at radius 1 is 0.971 bits per heavy atom. The number of halogens is 3. The van der Waals surface area contributed by atoms with E-state index in [1.807, 2.05) is 36.4 Å². The van der Waals surface area contributed by atoms with E-state index >= 15 is 0 Å². The van der Waals surface area contributed by atoms with E-state index in [0.29, 0.717) is 10.9 Å². The lowest BCUT2D eigenvalue weighted by Crippen LogP contribution is -2.31. The second kappa shape index (κ2) is 9.96. The Bertz CT molecular complexity index is 1260. The second-order valence-corrected chi connectivity index (χ2v) is 8.17. The topological polar surface area (TPSA) is 61.8 Å². The average molecular weight is 481 g/mol. The van der Waals surface area contributed by atoms with Crippen molar-refractivity contribution in [2.75, 3.05) is 16.0 Å². The van der Waals surface area contributed by atoms with Crippen molar-refractivity contribution in [2.45, 2.75) is 6.18 Å². The average Bonchev–Trinajstić information content (AvgIpc) is 3.13. The maximum Gasteiger partial charge on any atom is 0.416 e. The van der Waals surface area contributed by atoms with Crippen molar-refractivity contribution in [1.29, 1.82) is 0 Å². The zero-order valence-electron chi connectivity index (χ0n) is 17.6. The molecule has 1 heterocycles. The highest BCUT2D eigenvalue weighted by molar-refractivity contribution is 8.14. The fraction of sp³-hybridized carbons (Fsp3) is 0.0800. The maximum absolute atomic E-state index is 13.1. The number of alkyl halides is 3. The summed E-state index contributed by atoms with van der Waals surface area (Å²) in [6.07, 6.45) is -2.85. The number of nitrogens with zero attached hydrogens (tertiary/aromatic N) is 2. The molecule has 2 amide bonds. The molecule has 0 radical (unpaired) electrons. The molecule has 0 fully saturated rings. The lowest BCUT2D eigenvalue weighted by Gasteiger charge is -2.17. The number of thioether (sulfide) groups is 1. The van der Waals surface area contributed by atoms with Gasteiger partial charge in [-0.15, -0.1) is 0 Å². The first-order chi connectivity index (χ1) is 16.3. The molecule has 172 valence electrons. The summed E-state index contributed by atoms with van der Waals surface area (Å²) in [4.78, 5) is 31.4. The molecule has 1 aliphatic heterocycles. The lowest BCUT2D eigenvalue weighted by atomic mass is 10.2. The molecule has 9 heteroatoms. The van der Waals surface area contributed by atoms with Crippen molar-refractivity contribution in [3.8, 4) is 0 Å². The number of anilines is 2. The molecule has 0 aromatic heterocycles. The van der Waals surface area contributed by atoms with Gasteiger partial charge in [-0.3, -0.25) is 14.5 Å². The van der Waals surface area contributed by atoms with E-state index in [1.54, 1.807) is 30.3 Å². The Morgan fingerprint density at radius 3 is 2.32 bits per heavy atom. The van der Waals surface area contributed by atoms with E-state index < -0.39 is 17.6 Å². The van der Waals surface area contributed by atoms with Crippen LogP contribution in [0.2, 0.25) is 0 Å². The van der Waals surface area contributed by atoms with Gasteiger partial charge in [0, 0.05) is 5.69 Å². The molecule has 3 aromatic rings. The van der Waals surface area contributed by atoms with Gasteiger partial charge >= 0.3 is 6.18 Å². The molecule has 0 atom stereocenters. The fourth-order valence-electron chi connectivity index (χ4n) is 3.21. The number of rotatable bonds is 5. The predicted molar refractivity (Wildman–Crippen MR) is 128 cm³/mol. The van der Waals surface area contributed by atoms with Crippen molar-refractivity contribution in [1.82, 2.24) is 0 Å². The highest BCUT2D eigenvalue weighted by atomic mass is 32.2. The molecule has 5 nitrogen and oxygen atoms in total. The normalized spacial score (nSPS) is 14.9. The number of carbonyl (C=O) groups excluding carboxylic acids is 2. The van der Waals surface area contributed by atoms with Crippen LogP contribution in [0.5, 0.6) is 0 Å². The lowest BCUT2D eigenvalue weighted by molar-refractivity contribution is -0.137. The number of para-hydroxylation sites is 1. The van der Waals surface area contributed by atoms with Crippen LogP contribution in [0.4, 0.5) is 24.5 Å². The fourth-order valence-corrected chi connectivity index (χ4v) is 4.02. The molecular formula is C25H18F3N3O2S. The van der Waals surface area contributed by atoms with E-state index in [2.05, 4.69) is 10.3 Å². The van der Waals surface area contributed by atoms with Gasteiger partial charge in [0.05, 0.1) is 17.0 Å². The molecule has 0 spiro atoms. The summed E-state index contributed by atoms with van der Waals surface area (Å²) < 4.78 is 38.7. The first kappa shape index (κ1) is 23.3. The number of nitrogens with one attached hydrogen (secondary N) is 1. The third-order valence-corrected chi connectivity index (χ3v) is 5.69. The number of amides is 2. The summed E-state index contributed by atoms with van der Waals surface area (Å²) in [6, 6.07) is 22.5. The number of hydrogen-bond acceptors (Lipinski definition) is 4. The molecular weight excluding hydrogens is 463 g/mol. The van der Waals surface area contributed by atoms with Crippen LogP contribution in [-0.2, 0) is 15.8 Å². The summed E-state index contributed by atoms with van der Waals surface area (Å²) in [5, 5.41) is 2.77. The van der Waals surface area contributed by atoms with Crippen molar-refractivity contribution < 1.29 is 22.8 Å². The highest BCUT2D eigenvalue weighted by Crippen LogP contribution is 2.31. The minimum absolute atomic E-state index is 0.0365. The second-order valence-electron chi connectivity index (χ2n) is 7.23. The summed E-state index contributed by atoms with van der Waals surface area (Å²) in [6.45, 7) is 0. The molecule has 34 heavy (non-hydrogen) atoms. The van der Waals surface area contributed by atoms with Crippen LogP contribution in [0.25, 0.3) is 6.08 Å². The minimum atomic E-state index is -4.51. The van der Waals surface area contributed by atoms with E-state index in [4.69, 9.17) is 0 Å². The van der Waals surface area contributed by atoms with Crippen LogP contribution in [0.15, 0.2) is 95.6 Å². The molecule has 0 unspecified atom stereocenters. The first-order valence-corrected chi connectivity index (χ1v) is 11.1. The van der Waals surface area contributed by atoms with Gasteiger partial charge in [-0.2, -0.15) is 13.2 Å². The smallest absolute Gasteiger partial charge is 0.325 e. The Morgan fingerprint density at radius 2 is 1.65 bits per heavy atom. The Balaban J connectivity index is 1.52. The van der Waals surface area contributed by atoms with E-state index in [0.717, 1.165) is 29.5 Å². The summed E-state index contributed by atoms with van der Waals surface area (Å²) in [5.74, 6) is -1.01. The van der Waals surface area contributed by atoms with E-state index in [9.17, 15) is 22.8 Å².